The minimum absolute atomic E-state index is 0.226. The first-order valence-electron chi connectivity index (χ1n) is 8.66. The predicted molar refractivity (Wildman–Crippen MR) is 97.1 cm³/mol. The van der Waals surface area contributed by atoms with Gasteiger partial charge in [0.25, 0.3) is 0 Å². The van der Waals surface area contributed by atoms with Crippen LogP contribution in [0.15, 0.2) is 12.4 Å². The van der Waals surface area contributed by atoms with Crippen LogP contribution in [-0.2, 0) is 20.8 Å². The van der Waals surface area contributed by atoms with Gasteiger partial charge in [0.05, 0.1) is 6.54 Å². The first kappa shape index (κ1) is 22.4. The molecule has 0 radical (unpaired) electrons. The summed E-state index contributed by atoms with van der Waals surface area (Å²) in [4.78, 5) is 38.4. The summed E-state index contributed by atoms with van der Waals surface area (Å²) in [6.07, 6.45) is 2.71. The summed E-state index contributed by atoms with van der Waals surface area (Å²) in [5, 5.41) is 13.4. The lowest BCUT2D eigenvalue weighted by Gasteiger charge is -2.26. The number of rotatable bonds is 7. The number of nitro groups is 1. The number of carbonyl (C=O) groups is 2. The van der Waals surface area contributed by atoms with Gasteiger partial charge in [-0.3, -0.25) is 0 Å². The number of hydrogen-bond donors (Lipinski definition) is 1. The van der Waals surface area contributed by atoms with Crippen LogP contribution in [0.1, 0.15) is 54.4 Å². The highest BCUT2D eigenvalue weighted by Crippen LogP contribution is 2.14. The minimum Gasteiger partial charge on any atom is -0.458 e. The van der Waals surface area contributed by atoms with Crippen molar-refractivity contribution < 1.29 is 24.0 Å². The smallest absolute Gasteiger partial charge is 0.434 e. The van der Waals surface area contributed by atoms with Gasteiger partial charge in [-0.25, -0.2) is 14.2 Å². The SMILES string of the molecule is CC(C)(C)OC(=O)NC(CCCn1ccnc1[N+](=O)[O-])C(=O)OC(C)(C)C. The Balaban J connectivity index is 2.75. The fourth-order valence-electron chi connectivity index (χ4n) is 2.19. The van der Waals surface area contributed by atoms with Crippen LogP contribution >= 0.6 is 0 Å². The van der Waals surface area contributed by atoms with E-state index in [0.29, 0.717) is 6.42 Å². The predicted octanol–water partition coefficient (Wildman–Crippen LogP) is 2.81. The number of ether oxygens (including phenoxy) is 2. The lowest BCUT2D eigenvalue weighted by molar-refractivity contribution is -0.396. The van der Waals surface area contributed by atoms with Crippen LogP contribution in [0.25, 0.3) is 0 Å². The maximum atomic E-state index is 12.4. The monoisotopic (exact) mass is 384 g/mol. The van der Waals surface area contributed by atoms with E-state index in [1.807, 2.05) is 0 Å². The number of carbonyl (C=O) groups excluding carboxylic acids is 2. The molecule has 0 fully saturated rings. The number of aromatic nitrogens is 2. The summed E-state index contributed by atoms with van der Waals surface area (Å²) in [6.45, 7) is 10.6. The Morgan fingerprint density at radius 3 is 2.33 bits per heavy atom. The maximum absolute atomic E-state index is 12.4. The Hall–Kier alpha value is -2.65. The van der Waals surface area contributed by atoms with Gasteiger partial charge in [-0.05, 0) is 59.3 Å². The number of nitrogens with zero attached hydrogens (tertiary/aromatic N) is 3. The molecule has 0 aliphatic carbocycles. The molecule has 10 nitrogen and oxygen atoms in total. The molecule has 0 aliphatic heterocycles. The third-order valence-electron chi connectivity index (χ3n) is 3.13. The zero-order valence-electron chi connectivity index (χ0n) is 16.6. The third kappa shape index (κ3) is 8.52. The highest BCUT2D eigenvalue weighted by molar-refractivity contribution is 5.81. The molecule has 0 aliphatic rings. The van der Waals surface area contributed by atoms with Crippen LogP contribution in [0.4, 0.5) is 10.7 Å². The van der Waals surface area contributed by atoms with Crippen molar-refractivity contribution >= 4 is 18.0 Å². The Morgan fingerprint density at radius 2 is 1.81 bits per heavy atom. The average molecular weight is 384 g/mol. The molecular formula is C17H28N4O6. The zero-order chi connectivity index (χ0) is 20.8. The molecule has 1 N–H and O–H groups in total. The van der Waals surface area contributed by atoms with E-state index >= 15 is 0 Å². The van der Waals surface area contributed by atoms with Gasteiger partial charge in [-0.15, -0.1) is 0 Å². The summed E-state index contributed by atoms with van der Waals surface area (Å²) in [7, 11) is 0. The molecule has 0 bridgehead atoms. The molecule has 0 spiro atoms. The summed E-state index contributed by atoms with van der Waals surface area (Å²) in [5.74, 6) is -0.864. The standard InChI is InChI=1S/C17H28N4O6/c1-16(2,3)26-13(22)12(19-15(23)27-17(4,5)6)8-7-10-20-11-9-18-14(20)21(24)25/h9,11-12H,7-8,10H2,1-6H3,(H,19,23). The number of alkyl carbamates (subject to hydrolysis) is 1. The van der Waals surface area contributed by atoms with Crippen molar-refractivity contribution in [3.63, 3.8) is 0 Å². The Morgan fingerprint density at radius 1 is 1.22 bits per heavy atom. The summed E-state index contributed by atoms with van der Waals surface area (Å²) >= 11 is 0. The Bertz CT molecular complexity index is 672. The molecule has 27 heavy (non-hydrogen) atoms. The van der Waals surface area contributed by atoms with Gasteiger partial charge in [0, 0.05) is 0 Å². The van der Waals surface area contributed by atoms with E-state index in [9.17, 15) is 19.7 Å². The van der Waals surface area contributed by atoms with Crippen molar-refractivity contribution in [3.8, 4) is 0 Å². The molecular weight excluding hydrogens is 356 g/mol. The molecule has 1 heterocycles. The van der Waals surface area contributed by atoms with E-state index in [-0.39, 0.29) is 18.9 Å². The van der Waals surface area contributed by atoms with Crippen molar-refractivity contribution in [3.05, 3.63) is 22.5 Å². The second kappa shape index (κ2) is 8.83. The number of esters is 1. The molecule has 1 amide bonds. The maximum Gasteiger partial charge on any atom is 0.434 e. The van der Waals surface area contributed by atoms with E-state index in [4.69, 9.17) is 9.47 Å². The van der Waals surface area contributed by atoms with Crippen molar-refractivity contribution in [2.45, 2.75) is 78.2 Å². The number of hydrogen-bond acceptors (Lipinski definition) is 7. The fourth-order valence-corrected chi connectivity index (χ4v) is 2.19. The van der Waals surface area contributed by atoms with Gasteiger partial charge in [0.15, 0.2) is 0 Å². The molecule has 1 aromatic heterocycles. The minimum atomic E-state index is -0.929. The first-order valence-corrected chi connectivity index (χ1v) is 8.66. The number of aryl methyl sites for hydroxylation is 1. The number of nitrogens with one attached hydrogen (secondary N) is 1. The highest BCUT2D eigenvalue weighted by Gasteiger charge is 2.28. The second-order valence-corrected chi connectivity index (χ2v) is 8.05. The number of imidazole rings is 1. The van der Waals surface area contributed by atoms with Crippen LogP contribution in [0.3, 0.4) is 0 Å². The van der Waals surface area contributed by atoms with Gasteiger partial charge in [0.1, 0.15) is 29.6 Å². The van der Waals surface area contributed by atoms with Crippen LogP contribution in [0.2, 0.25) is 0 Å². The van der Waals surface area contributed by atoms with Gasteiger partial charge in [-0.2, -0.15) is 0 Å². The summed E-state index contributed by atoms with van der Waals surface area (Å²) < 4.78 is 11.9. The Labute approximate surface area is 158 Å². The highest BCUT2D eigenvalue weighted by atomic mass is 16.6. The van der Waals surface area contributed by atoms with E-state index in [1.165, 1.54) is 17.0 Å². The lowest BCUT2D eigenvalue weighted by atomic mass is 10.1. The molecule has 152 valence electrons. The summed E-state index contributed by atoms with van der Waals surface area (Å²) in [5.41, 5.74) is -1.42. The largest absolute Gasteiger partial charge is 0.458 e. The van der Waals surface area contributed by atoms with Crippen molar-refractivity contribution in [2.24, 2.45) is 0 Å². The van der Waals surface area contributed by atoms with E-state index in [0.717, 1.165) is 0 Å². The van der Waals surface area contributed by atoms with Gasteiger partial charge < -0.3 is 24.9 Å². The summed E-state index contributed by atoms with van der Waals surface area (Å²) in [6, 6.07) is -0.929. The van der Waals surface area contributed by atoms with Crippen molar-refractivity contribution in [1.29, 1.82) is 0 Å². The van der Waals surface area contributed by atoms with Gasteiger partial charge >= 0.3 is 18.0 Å². The second-order valence-electron chi connectivity index (χ2n) is 8.05. The first-order chi connectivity index (χ1) is 12.3. The fraction of sp³-hybridized carbons (Fsp3) is 0.706. The number of amides is 1. The lowest BCUT2D eigenvalue weighted by Crippen LogP contribution is -2.46. The van der Waals surface area contributed by atoms with Gasteiger partial charge in [0.2, 0.25) is 0 Å². The molecule has 10 heteroatoms. The molecule has 1 unspecified atom stereocenters. The van der Waals surface area contributed by atoms with Crippen LogP contribution < -0.4 is 5.32 Å². The van der Waals surface area contributed by atoms with E-state index < -0.39 is 34.2 Å². The van der Waals surface area contributed by atoms with Crippen LogP contribution in [0.5, 0.6) is 0 Å². The molecule has 1 aromatic rings. The zero-order valence-corrected chi connectivity index (χ0v) is 16.6. The molecule has 0 aromatic carbocycles. The Kier molecular flexibility index (Phi) is 7.32. The van der Waals surface area contributed by atoms with Crippen molar-refractivity contribution in [1.82, 2.24) is 14.9 Å². The quantitative estimate of drug-likeness (QED) is 0.435. The molecule has 1 atom stereocenters. The topological polar surface area (TPSA) is 126 Å². The third-order valence-corrected chi connectivity index (χ3v) is 3.13. The molecule has 1 rings (SSSR count). The van der Waals surface area contributed by atoms with Crippen molar-refractivity contribution in [2.75, 3.05) is 0 Å². The average Bonchev–Trinajstić information content (AvgIpc) is 2.90. The van der Waals surface area contributed by atoms with Crippen LogP contribution in [0, 0.1) is 10.1 Å². The van der Waals surface area contributed by atoms with E-state index in [1.54, 1.807) is 41.5 Å². The van der Waals surface area contributed by atoms with Crippen LogP contribution in [-0.4, -0.2) is 43.8 Å². The van der Waals surface area contributed by atoms with Gasteiger partial charge in [-0.1, -0.05) is 4.98 Å². The van der Waals surface area contributed by atoms with E-state index in [2.05, 4.69) is 10.3 Å². The molecule has 0 saturated heterocycles. The molecule has 0 saturated carbocycles. The normalized spacial score (nSPS) is 13.0.